The minimum Gasteiger partial charge on any atom is -0.509 e. The smallest absolute Gasteiger partial charge is 0.135 e. The molecule has 6 heteroatoms. The second kappa shape index (κ2) is 16.5. The summed E-state index contributed by atoms with van der Waals surface area (Å²) in [5, 5.41) is 2.19. The number of hydrogen-bond donors (Lipinski definition) is 0. The molecule has 7 aromatic rings. The summed E-state index contributed by atoms with van der Waals surface area (Å²) in [5.41, 5.74) is 9.51. The quantitative estimate of drug-likeness (QED) is 0.149. The Balaban J connectivity index is 0.00000630. The number of aromatic nitrogens is 2. The van der Waals surface area contributed by atoms with E-state index >= 15 is 0 Å². The van der Waals surface area contributed by atoms with E-state index in [2.05, 4.69) is 199 Å². The molecular formula is C57H63N4OPt-3. The molecule has 63 heavy (non-hydrogen) atoms. The van der Waals surface area contributed by atoms with E-state index in [9.17, 15) is 2.74 Å². The Hall–Kier alpha value is -5.12. The van der Waals surface area contributed by atoms with Gasteiger partial charge in [-0.15, -0.1) is 53.6 Å². The fourth-order valence-corrected chi connectivity index (χ4v) is 8.06. The largest absolute Gasteiger partial charge is 0.509 e. The van der Waals surface area contributed by atoms with E-state index in [0.29, 0.717) is 17.2 Å². The normalized spacial score (nSPS) is 14.6. The summed E-state index contributed by atoms with van der Waals surface area (Å²) in [6.45, 7) is 32.9. The average molecular weight is 1020 g/mol. The van der Waals surface area contributed by atoms with Crippen molar-refractivity contribution in [3.8, 4) is 17.3 Å². The van der Waals surface area contributed by atoms with Gasteiger partial charge in [0, 0.05) is 50.0 Å². The summed E-state index contributed by atoms with van der Waals surface area (Å²) in [7, 11) is 0. The van der Waals surface area contributed by atoms with Crippen LogP contribution in [-0.2, 0) is 48.1 Å². The molecule has 2 aromatic heterocycles. The third-order valence-corrected chi connectivity index (χ3v) is 12.3. The third kappa shape index (κ3) is 9.28. The number of benzene rings is 5. The van der Waals surface area contributed by atoms with Gasteiger partial charge in [0.25, 0.3) is 0 Å². The van der Waals surface area contributed by atoms with Crippen LogP contribution in [0.3, 0.4) is 0 Å². The van der Waals surface area contributed by atoms with E-state index in [1.165, 1.54) is 22.3 Å². The van der Waals surface area contributed by atoms with E-state index < -0.39 is 5.41 Å². The number of anilines is 2. The first kappa shape index (κ1) is 43.1. The van der Waals surface area contributed by atoms with Crippen LogP contribution in [0.25, 0.3) is 27.6 Å². The van der Waals surface area contributed by atoms with E-state index in [0.717, 1.165) is 44.4 Å². The van der Waals surface area contributed by atoms with Crippen LogP contribution in [0.15, 0.2) is 122 Å². The Labute approximate surface area is 394 Å². The van der Waals surface area contributed by atoms with Crippen molar-refractivity contribution in [1.29, 1.82) is 0 Å². The molecule has 0 spiro atoms. The van der Waals surface area contributed by atoms with Crippen LogP contribution >= 0.6 is 0 Å². The van der Waals surface area contributed by atoms with E-state index in [1.54, 1.807) is 4.90 Å². The van der Waals surface area contributed by atoms with Gasteiger partial charge in [-0.05, 0) is 103 Å². The van der Waals surface area contributed by atoms with Gasteiger partial charge in [0.1, 0.15) is 5.82 Å². The second-order valence-corrected chi connectivity index (χ2v) is 21.6. The zero-order chi connectivity index (χ0) is 46.3. The van der Waals surface area contributed by atoms with Crippen molar-refractivity contribution in [2.45, 2.75) is 124 Å². The number of rotatable bonds is 7. The van der Waals surface area contributed by atoms with Crippen LogP contribution in [-0.4, -0.2) is 9.55 Å². The van der Waals surface area contributed by atoms with Crippen molar-refractivity contribution in [3.05, 3.63) is 174 Å². The number of hydrogen-bond acceptors (Lipinski definition) is 4. The molecule has 1 aliphatic rings. The molecule has 0 atom stereocenters. The van der Waals surface area contributed by atoms with Gasteiger partial charge in [-0.3, -0.25) is 0 Å². The summed E-state index contributed by atoms with van der Waals surface area (Å²) >= 11 is 0. The van der Waals surface area contributed by atoms with Gasteiger partial charge in [0.05, 0.1) is 2.74 Å². The van der Waals surface area contributed by atoms with Crippen LogP contribution in [0.5, 0.6) is 11.5 Å². The van der Waals surface area contributed by atoms with E-state index in [-0.39, 0.29) is 55.1 Å². The second-order valence-electron chi connectivity index (χ2n) is 21.6. The third-order valence-electron chi connectivity index (χ3n) is 12.3. The molecule has 8 rings (SSSR count). The number of ether oxygens (including phenoxy) is 1. The Morgan fingerprint density at radius 3 is 1.79 bits per heavy atom. The standard InChI is InChI=1S/C57H63N4O.Pt/c1-53(2,3)39-20-23-50-49(33-39)48-22-21-46(36-51(48)61(50)52-34-40(24-25-58-52)54(4,5)6)62-47-32-43(57(13,14)38-18-16-15-17-19-38)31-45(35-47)60-27-26-59(37-60)44-29-41(55(7,8)9)28-42(30-44)56(10,11)12;/h15-34,37H,1-14H3;/q-3;/i26D,27D;. The van der Waals surface area contributed by atoms with Crippen LogP contribution in [0.4, 0.5) is 11.4 Å². The predicted molar refractivity (Wildman–Crippen MR) is 261 cm³/mol. The van der Waals surface area contributed by atoms with Crippen molar-refractivity contribution < 1.29 is 28.5 Å². The molecule has 0 bridgehead atoms. The minimum atomic E-state index is -0.449. The topological polar surface area (TPSA) is 33.5 Å². The molecule has 0 unspecified atom stereocenters. The SMILES string of the molecule is [2H]C1=C([2H])N(c2cc(C(C)(C)C)cc(C(C)(C)C)c2)[CH-]N1c1[c-]c(Oc2[c-]c3c(cc2)c2cc(C(C)(C)C)ccc2n3-c2cc(C(C)(C)C)ccn2)cc(C(C)(C)c2ccccc2)c1.[Pt]. The summed E-state index contributed by atoms with van der Waals surface area (Å²) in [4.78, 5) is 8.48. The van der Waals surface area contributed by atoms with E-state index in [1.807, 2.05) is 36.0 Å². The molecule has 0 radical (unpaired) electrons. The van der Waals surface area contributed by atoms with Gasteiger partial charge in [-0.25, -0.2) is 4.98 Å². The van der Waals surface area contributed by atoms with Crippen molar-refractivity contribution in [2.24, 2.45) is 0 Å². The summed E-state index contributed by atoms with van der Waals surface area (Å²) in [6.07, 6.45) is 2.03. The van der Waals surface area contributed by atoms with Crippen molar-refractivity contribution in [2.75, 3.05) is 9.80 Å². The van der Waals surface area contributed by atoms with Gasteiger partial charge in [-0.2, -0.15) is 6.07 Å². The van der Waals surface area contributed by atoms with Crippen molar-refractivity contribution in [1.82, 2.24) is 9.55 Å². The van der Waals surface area contributed by atoms with Crippen LogP contribution in [0.2, 0.25) is 0 Å². The first-order valence-electron chi connectivity index (χ1n) is 22.9. The molecule has 0 aliphatic carbocycles. The van der Waals surface area contributed by atoms with Gasteiger partial charge in [0.15, 0.2) is 0 Å². The summed E-state index contributed by atoms with van der Waals surface area (Å²) in [6, 6.07) is 43.4. The maximum absolute atomic E-state index is 9.37. The Kier molecular flexibility index (Phi) is 11.3. The van der Waals surface area contributed by atoms with Gasteiger partial charge >= 0.3 is 0 Å². The molecule has 5 aromatic carbocycles. The first-order valence-corrected chi connectivity index (χ1v) is 21.9. The molecule has 330 valence electrons. The predicted octanol–water partition coefficient (Wildman–Crippen LogP) is 15.0. The molecule has 0 N–H and O–H groups in total. The Morgan fingerprint density at radius 2 is 1.16 bits per heavy atom. The molecule has 0 saturated heterocycles. The molecule has 5 nitrogen and oxygen atoms in total. The fraction of sp³-hybridized carbons (Fsp3) is 0.333. The van der Waals surface area contributed by atoms with Crippen molar-refractivity contribution in [3.63, 3.8) is 0 Å². The molecule has 3 heterocycles. The molecule has 0 saturated carbocycles. The average Bonchev–Trinajstić information content (AvgIpc) is 3.71. The van der Waals surface area contributed by atoms with Crippen LogP contribution < -0.4 is 14.5 Å². The minimum absolute atomic E-state index is 0. The maximum Gasteiger partial charge on any atom is 0.135 e. The molecule has 0 fully saturated rings. The molecule has 0 amide bonds. The number of fused-ring (bicyclic) bond motifs is 3. The molecular weight excluding hydrogens is 952 g/mol. The molecule has 1 aliphatic heterocycles. The Morgan fingerprint density at radius 1 is 0.540 bits per heavy atom. The maximum atomic E-state index is 9.37. The monoisotopic (exact) mass is 1020 g/mol. The van der Waals surface area contributed by atoms with Crippen LogP contribution in [0.1, 0.15) is 133 Å². The van der Waals surface area contributed by atoms with Gasteiger partial charge < -0.3 is 19.1 Å². The fourth-order valence-electron chi connectivity index (χ4n) is 8.06. The number of pyridine rings is 1. The summed E-state index contributed by atoms with van der Waals surface area (Å²) in [5.74, 6) is 1.83. The summed E-state index contributed by atoms with van der Waals surface area (Å²) < 4.78 is 27.7. The van der Waals surface area contributed by atoms with Crippen LogP contribution in [0, 0.1) is 18.8 Å². The van der Waals surface area contributed by atoms with Gasteiger partial charge in [-0.1, -0.05) is 151 Å². The van der Waals surface area contributed by atoms with Gasteiger partial charge in [0.2, 0.25) is 0 Å². The Bertz CT molecular complexity index is 2910. The van der Waals surface area contributed by atoms with E-state index in [4.69, 9.17) is 9.72 Å². The zero-order valence-electron chi connectivity index (χ0n) is 41.5. The first-order chi connectivity index (χ1) is 29.8. The zero-order valence-corrected chi connectivity index (χ0v) is 41.8. The number of nitrogens with zero attached hydrogens (tertiary/aromatic N) is 4. The van der Waals surface area contributed by atoms with Crippen molar-refractivity contribution >= 4 is 33.2 Å².